The van der Waals surface area contributed by atoms with Gasteiger partial charge in [-0.25, -0.2) is 4.79 Å². The SMILES string of the molecule is COc1cc2c(cc1OC(=O)N(C)CCOC(=O)CCCBr)c(=O)n(C)c1c3cc4c(cc3ncc21)OCO4. The molecule has 0 radical (unpaired) electrons. The quantitative estimate of drug-likeness (QED) is 0.167. The standard InChI is InChI=1S/C27H26BrN3O8/c1-30(7-8-36-24(32)5-4-6-28)27(34)39-23-10-16-15(9-20(23)35-3)18-13-29-19-12-22-21(37-14-38-22)11-17(19)25(18)31(2)26(16)33/h9-13H,4-8,14H2,1-3H3. The summed E-state index contributed by atoms with van der Waals surface area (Å²) in [5.41, 5.74) is 1.05. The lowest BCUT2D eigenvalue weighted by molar-refractivity contribution is -0.143. The van der Waals surface area contributed by atoms with Gasteiger partial charge in [0, 0.05) is 54.3 Å². The first kappa shape index (κ1) is 26.5. The lowest BCUT2D eigenvalue weighted by atomic mass is 10.0. The summed E-state index contributed by atoms with van der Waals surface area (Å²) >= 11 is 3.27. The van der Waals surface area contributed by atoms with E-state index in [1.165, 1.54) is 29.7 Å². The van der Waals surface area contributed by atoms with Crippen LogP contribution in [0.1, 0.15) is 12.8 Å². The van der Waals surface area contributed by atoms with Crippen LogP contribution in [-0.4, -0.2) is 65.9 Å². The normalized spacial score (nSPS) is 12.2. The van der Waals surface area contributed by atoms with Gasteiger partial charge in [-0.3, -0.25) is 14.6 Å². The van der Waals surface area contributed by atoms with Gasteiger partial charge in [0.2, 0.25) is 6.79 Å². The largest absolute Gasteiger partial charge is 0.493 e. The fourth-order valence-corrected chi connectivity index (χ4v) is 4.73. The van der Waals surface area contributed by atoms with Crippen LogP contribution in [0.25, 0.3) is 32.6 Å². The summed E-state index contributed by atoms with van der Waals surface area (Å²) in [5, 5.41) is 3.09. The van der Waals surface area contributed by atoms with Crippen molar-refractivity contribution in [2.24, 2.45) is 7.05 Å². The predicted octanol–water partition coefficient (Wildman–Crippen LogP) is 4.13. The molecule has 0 unspecified atom stereocenters. The molecular formula is C27H26BrN3O8. The number of carbonyl (C=O) groups excluding carboxylic acids is 2. The van der Waals surface area contributed by atoms with E-state index in [2.05, 4.69) is 20.9 Å². The van der Waals surface area contributed by atoms with Gasteiger partial charge in [0.25, 0.3) is 5.56 Å². The molecule has 1 aliphatic rings. The molecule has 0 N–H and O–H groups in total. The topological polar surface area (TPSA) is 118 Å². The molecular weight excluding hydrogens is 574 g/mol. The van der Waals surface area contributed by atoms with Crippen molar-refractivity contribution in [3.8, 4) is 23.0 Å². The molecule has 0 bridgehead atoms. The maximum Gasteiger partial charge on any atom is 0.415 e. The maximum absolute atomic E-state index is 13.5. The average molecular weight is 600 g/mol. The summed E-state index contributed by atoms with van der Waals surface area (Å²) in [6.45, 7) is 0.301. The second-order valence-electron chi connectivity index (χ2n) is 8.96. The van der Waals surface area contributed by atoms with E-state index in [-0.39, 0.29) is 43.0 Å². The highest BCUT2D eigenvalue weighted by Crippen LogP contribution is 2.40. The molecule has 1 amide bonds. The fraction of sp³-hybridized carbons (Fsp3) is 0.333. The first-order chi connectivity index (χ1) is 18.8. The van der Waals surface area contributed by atoms with Gasteiger partial charge in [0.15, 0.2) is 23.0 Å². The number of esters is 1. The van der Waals surface area contributed by atoms with E-state index in [1.54, 1.807) is 25.4 Å². The number of halogens is 1. The second kappa shape index (κ2) is 11.0. The van der Waals surface area contributed by atoms with Gasteiger partial charge in [-0.1, -0.05) is 15.9 Å². The van der Waals surface area contributed by atoms with E-state index in [0.717, 1.165) is 5.39 Å². The van der Waals surface area contributed by atoms with E-state index in [0.29, 0.717) is 56.9 Å². The first-order valence-corrected chi connectivity index (χ1v) is 13.3. The first-order valence-electron chi connectivity index (χ1n) is 12.2. The molecule has 204 valence electrons. The molecule has 11 nitrogen and oxygen atoms in total. The van der Waals surface area contributed by atoms with Crippen molar-refractivity contribution in [1.29, 1.82) is 0 Å². The number of nitrogens with zero attached hydrogens (tertiary/aromatic N) is 3. The number of hydrogen-bond acceptors (Lipinski definition) is 9. The number of fused-ring (bicyclic) bond motifs is 6. The fourth-order valence-electron chi connectivity index (χ4n) is 4.45. The van der Waals surface area contributed by atoms with Crippen LogP contribution in [0.5, 0.6) is 23.0 Å². The Labute approximate surface area is 231 Å². The molecule has 4 aromatic rings. The van der Waals surface area contributed by atoms with E-state index < -0.39 is 6.09 Å². The van der Waals surface area contributed by atoms with E-state index in [1.807, 2.05) is 6.07 Å². The van der Waals surface area contributed by atoms with Gasteiger partial charge >= 0.3 is 12.1 Å². The Kier molecular flexibility index (Phi) is 7.47. The van der Waals surface area contributed by atoms with E-state index in [9.17, 15) is 14.4 Å². The Morgan fingerprint density at radius 1 is 1.08 bits per heavy atom. The van der Waals surface area contributed by atoms with E-state index in [4.69, 9.17) is 23.7 Å². The summed E-state index contributed by atoms with van der Waals surface area (Å²) in [6.07, 6.45) is 1.97. The van der Waals surface area contributed by atoms with Crippen LogP contribution in [-0.2, 0) is 16.6 Å². The highest BCUT2D eigenvalue weighted by molar-refractivity contribution is 9.09. The van der Waals surface area contributed by atoms with Crippen molar-refractivity contribution in [3.05, 3.63) is 40.8 Å². The number of rotatable bonds is 8. The zero-order valence-corrected chi connectivity index (χ0v) is 23.2. The molecule has 0 fully saturated rings. The van der Waals surface area contributed by atoms with Crippen molar-refractivity contribution in [2.75, 3.05) is 39.4 Å². The van der Waals surface area contributed by atoms with E-state index >= 15 is 0 Å². The minimum Gasteiger partial charge on any atom is -0.493 e. The Bertz CT molecular complexity index is 1670. The number of carbonyl (C=O) groups is 2. The Morgan fingerprint density at radius 2 is 1.82 bits per heavy atom. The number of hydrogen-bond donors (Lipinski definition) is 0. The molecule has 0 spiro atoms. The summed E-state index contributed by atoms with van der Waals surface area (Å²) in [4.78, 5) is 43.8. The third kappa shape index (κ3) is 5.03. The Balaban J connectivity index is 1.47. The smallest absolute Gasteiger partial charge is 0.415 e. The molecule has 0 aliphatic carbocycles. The summed E-state index contributed by atoms with van der Waals surface area (Å²) in [7, 11) is 4.65. The molecule has 12 heteroatoms. The van der Waals surface area contributed by atoms with Gasteiger partial charge in [0.1, 0.15) is 6.61 Å². The van der Waals surface area contributed by atoms with Gasteiger partial charge in [-0.15, -0.1) is 0 Å². The van der Waals surface area contributed by atoms with Gasteiger partial charge in [-0.05, 0) is 24.6 Å². The minimum absolute atomic E-state index is 0.0371. The van der Waals surface area contributed by atoms with Crippen LogP contribution in [0, 0.1) is 0 Å². The molecule has 1 aliphatic heterocycles. The minimum atomic E-state index is -0.689. The maximum atomic E-state index is 13.5. The van der Waals surface area contributed by atoms with Crippen molar-refractivity contribution < 1.29 is 33.3 Å². The molecule has 0 saturated heterocycles. The number of alkyl halides is 1. The number of aryl methyl sites for hydroxylation is 1. The summed E-state index contributed by atoms with van der Waals surface area (Å²) in [5.74, 6) is 1.21. The van der Waals surface area contributed by atoms with Crippen LogP contribution in [0.4, 0.5) is 4.79 Å². The van der Waals surface area contributed by atoms with Gasteiger partial charge in [-0.2, -0.15) is 0 Å². The summed E-state index contributed by atoms with van der Waals surface area (Å²) in [6, 6.07) is 6.76. The number of likely N-dealkylation sites (N-methyl/N-ethyl adjacent to an activating group) is 1. The molecule has 5 rings (SSSR count). The molecule has 2 aromatic heterocycles. The van der Waals surface area contributed by atoms with Gasteiger partial charge < -0.3 is 33.2 Å². The van der Waals surface area contributed by atoms with Crippen molar-refractivity contribution in [1.82, 2.24) is 14.5 Å². The summed E-state index contributed by atoms with van der Waals surface area (Å²) < 4.78 is 28.8. The molecule has 0 atom stereocenters. The van der Waals surface area contributed by atoms with Crippen LogP contribution < -0.4 is 24.5 Å². The number of amides is 1. The third-order valence-electron chi connectivity index (χ3n) is 6.51. The van der Waals surface area contributed by atoms with Crippen molar-refractivity contribution in [2.45, 2.75) is 12.8 Å². The molecule has 39 heavy (non-hydrogen) atoms. The number of methoxy groups -OCH3 is 1. The third-order valence-corrected chi connectivity index (χ3v) is 7.07. The molecule has 3 heterocycles. The van der Waals surface area contributed by atoms with Crippen LogP contribution in [0.3, 0.4) is 0 Å². The molecule has 0 saturated carbocycles. The lowest BCUT2D eigenvalue weighted by Crippen LogP contribution is -2.33. The van der Waals surface area contributed by atoms with Crippen molar-refractivity contribution >= 4 is 60.6 Å². The predicted molar refractivity (Wildman–Crippen MR) is 147 cm³/mol. The lowest BCUT2D eigenvalue weighted by Gasteiger charge is -2.19. The number of aromatic nitrogens is 2. The second-order valence-corrected chi connectivity index (χ2v) is 9.75. The Morgan fingerprint density at radius 3 is 2.56 bits per heavy atom. The highest BCUT2D eigenvalue weighted by atomic mass is 79.9. The molecule has 2 aromatic carbocycles. The van der Waals surface area contributed by atoms with Crippen LogP contribution in [0.2, 0.25) is 0 Å². The average Bonchev–Trinajstić information content (AvgIpc) is 3.40. The van der Waals surface area contributed by atoms with Crippen LogP contribution in [0.15, 0.2) is 35.3 Å². The van der Waals surface area contributed by atoms with Crippen molar-refractivity contribution in [3.63, 3.8) is 0 Å². The van der Waals surface area contributed by atoms with Gasteiger partial charge in [0.05, 0.1) is 30.1 Å². The number of pyridine rings is 2. The zero-order valence-electron chi connectivity index (χ0n) is 21.6. The monoisotopic (exact) mass is 599 g/mol. The highest BCUT2D eigenvalue weighted by Gasteiger charge is 2.21. The number of benzene rings is 2. The Hall–Kier alpha value is -4.06. The zero-order chi connectivity index (χ0) is 27.7. The van der Waals surface area contributed by atoms with Crippen LogP contribution >= 0.6 is 15.9 Å². The number of ether oxygens (including phenoxy) is 5.